The van der Waals surface area contributed by atoms with Gasteiger partial charge in [0.15, 0.2) is 0 Å². The smallest absolute Gasteiger partial charge is 0.325 e. The van der Waals surface area contributed by atoms with E-state index >= 15 is 0 Å². The molecule has 0 spiro atoms. The minimum Gasteiger partial charge on any atom is -0.325 e. The first kappa shape index (κ1) is 23.3. The largest absolute Gasteiger partial charge is 0.325 e. The molecular formula is C28H26N4O4. The van der Waals surface area contributed by atoms with Crippen LogP contribution in [0.3, 0.4) is 0 Å². The number of fused-ring (bicyclic) bond motifs is 1. The maximum absolute atomic E-state index is 13.1. The summed E-state index contributed by atoms with van der Waals surface area (Å²) in [5, 5.41) is 5.40. The Hall–Kier alpha value is -4.46. The summed E-state index contributed by atoms with van der Waals surface area (Å²) in [5.41, 5.74) is 3.49. The lowest BCUT2D eigenvalue weighted by Gasteiger charge is -2.22. The average Bonchev–Trinajstić information content (AvgIpc) is 3.39. The SMILES string of the molecule is Cc1ccc(C2(C)NC(=O)N(CC(=O)Nc3ccc(C(=O)N4CCc5ccccc54)cc3)C2=O)cc1. The normalized spacial score (nSPS) is 18.7. The van der Waals surface area contributed by atoms with Crippen LogP contribution in [0.15, 0.2) is 72.8 Å². The van der Waals surface area contributed by atoms with Crippen LogP contribution in [0, 0.1) is 6.92 Å². The van der Waals surface area contributed by atoms with Crippen molar-refractivity contribution >= 4 is 35.1 Å². The van der Waals surface area contributed by atoms with Gasteiger partial charge in [-0.25, -0.2) is 4.79 Å². The summed E-state index contributed by atoms with van der Waals surface area (Å²) < 4.78 is 0. The minimum absolute atomic E-state index is 0.104. The quantitative estimate of drug-likeness (QED) is 0.543. The Balaban J connectivity index is 1.23. The first-order valence-electron chi connectivity index (χ1n) is 11.8. The van der Waals surface area contributed by atoms with E-state index in [-0.39, 0.29) is 5.91 Å². The molecule has 2 aliphatic rings. The van der Waals surface area contributed by atoms with Crippen molar-refractivity contribution in [1.82, 2.24) is 10.2 Å². The van der Waals surface area contributed by atoms with Crippen LogP contribution in [-0.2, 0) is 21.5 Å². The van der Waals surface area contributed by atoms with E-state index in [0.717, 1.165) is 28.1 Å². The third-order valence-corrected chi connectivity index (χ3v) is 6.75. The van der Waals surface area contributed by atoms with E-state index in [1.807, 2.05) is 43.3 Å². The zero-order valence-electron chi connectivity index (χ0n) is 20.1. The van der Waals surface area contributed by atoms with Gasteiger partial charge in [0.1, 0.15) is 12.1 Å². The highest BCUT2D eigenvalue weighted by molar-refractivity contribution is 6.10. The minimum atomic E-state index is -1.23. The van der Waals surface area contributed by atoms with Crippen molar-refractivity contribution in [3.63, 3.8) is 0 Å². The van der Waals surface area contributed by atoms with E-state index in [9.17, 15) is 19.2 Å². The van der Waals surface area contributed by atoms with Crippen molar-refractivity contribution in [2.75, 3.05) is 23.3 Å². The monoisotopic (exact) mass is 482 g/mol. The van der Waals surface area contributed by atoms with Crippen molar-refractivity contribution in [3.8, 4) is 0 Å². The maximum atomic E-state index is 13.1. The van der Waals surface area contributed by atoms with Gasteiger partial charge < -0.3 is 15.5 Å². The Morgan fingerprint density at radius 2 is 1.67 bits per heavy atom. The molecule has 8 heteroatoms. The third kappa shape index (κ3) is 4.11. The molecule has 0 saturated carbocycles. The molecule has 3 aromatic carbocycles. The summed E-state index contributed by atoms with van der Waals surface area (Å²) in [6.45, 7) is 3.78. The molecule has 8 nitrogen and oxygen atoms in total. The number of carbonyl (C=O) groups is 4. The molecule has 0 bridgehead atoms. The number of imide groups is 1. The second-order valence-corrected chi connectivity index (χ2v) is 9.27. The number of aryl methyl sites for hydroxylation is 1. The Morgan fingerprint density at radius 1 is 0.972 bits per heavy atom. The highest BCUT2D eigenvalue weighted by Gasteiger charge is 2.49. The molecule has 1 saturated heterocycles. The molecule has 3 aromatic rings. The fraction of sp³-hybridized carbons (Fsp3) is 0.214. The van der Waals surface area contributed by atoms with E-state index < -0.39 is 29.9 Å². The van der Waals surface area contributed by atoms with Crippen LogP contribution in [0.1, 0.15) is 34.0 Å². The van der Waals surface area contributed by atoms with Crippen molar-refractivity contribution in [2.24, 2.45) is 0 Å². The molecule has 182 valence electrons. The van der Waals surface area contributed by atoms with Crippen LogP contribution >= 0.6 is 0 Å². The fourth-order valence-electron chi connectivity index (χ4n) is 4.67. The molecule has 36 heavy (non-hydrogen) atoms. The topological polar surface area (TPSA) is 98.8 Å². The molecule has 1 atom stereocenters. The van der Waals surface area contributed by atoms with Crippen molar-refractivity contribution < 1.29 is 19.2 Å². The van der Waals surface area contributed by atoms with E-state index in [1.165, 1.54) is 0 Å². The van der Waals surface area contributed by atoms with E-state index in [4.69, 9.17) is 0 Å². The molecule has 5 rings (SSSR count). The van der Waals surface area contributed by atoms with Gasteiger partial charge in [-0.3, -0.25) is 19.3 Å². The summed E-state index contributed by atoms with van der Waals surface area (Å²) in [6.07, 6.45) is 0.821. The number of benzene rings is 3. The van der Waals surface area contributed by atoms with Crippen LogP contribution in [0.5, 0.6) is 0 Å². The number of carbonyl (C=O) groups excluding carboxylic acids is 4. The highest BCUT2D eigenvalue weighted by atomic mass is 16.2. The predicted molar refractivity (Wildman–Crippen MR) is 136 cm³/mol. The van der Waals surface area contributed by atoms with Gasteiger partial charge in [-0.15, -0.1) is 0 Å². The molecule has 2 heterocycles. The molecule has 0 aliphatic carbocycles. The molecule has 1 fully saturated rings. The lowest BCUT2D eigenvalue weighted by atomic mass is 9.91. The Morgan fingerprint density at radius 3 is 2.39 bits per heavy atom. The van der Waals surface area contributed by atoms with Gasteiger partial charge >= 0.3 is 6.03 Å². The van der Waals surface area contributed by atoms with Crippen molar-refractivity contribution in [3.05, 3.63) is 95.1 Å². The first-order valence-corrected chi connectivity index (χ1v) is 11.8. The predicted octanol–water partition coefficient (Wildman–Crippen LogP) is 3.60. The second-order valence-electron chi connectivity index (χ2n) is 9.27. The van der Waals surface area contributed by atoms with E-state index in [0.29, 0.717) is 23.4 Å². The van der Waals surface area contributed by atoms with E-state index in [1.54, 1.807) is 48.2 Å². The number of amides is 5. The lowest BCUT2D eigenvalue weighted by Crippen LogP contribution is -2.42. The summed E-state index contributed by atoms with van der Waals surface area (Å²) >= 11 is 0. The molecule has 0 radical (unpaired) electrons. The highest BCUT2D eigenvalue weighted by Crippen LogP contribution is 2.30. The summed E-state index contributed by atoms with van der Waals surface area (Å²) in [6, 6.07) is 21.1. The fourth-order valence-corrected chi connectivity index (χ4v) is 4.67. The van der Waals surface area contributed by atoms with Gasteiger partial charge in [-0.05, 0) is 61.7 Å². The molecule has 0 aromatic heterocycles. The average molecular weight is 483 g/mol. The zero-order valence-corrected chi connectivity index (χ0v) is 20.1. The lowest BCUT2D eigenvalue weighted by molar-refractivity contribution is -0.133. The summed E-state index contributed by atoms with van der Waals surface area (Å²) in [4.78, 5) is 53.9. The summed E-state index contributed by atoms with van der Waals surface area (Å²) in [7, 11) is 0. The second kappa shape index (κ2) is 8.96. The molecule has 2 N–H and O–H groups in total. The van der Waals surface area contributed by atoms with Crippen molar-refractivity contribution in [1.29, 1.82) is 0 Å². The third-order valence-electron chi connectivity index (χ3n) is 6.75. The molecular weight excluding hydrogens is 456 g/mol. The van der Waals surface area contributed by atoms with Gasteiger partial charge in [0.25, 0.3) is 11.8 Å². The van der Waals surface area contributed by atoms with Crippen LogP contribution in [0.25, 0.3) is 0 Å². The van der Waals surface area contributed by atoms with Crippen LogP contribution in [0.2, 0.25) is 0 Å². The van der Waals surface area contributed by atoms with Crippen LogP contribution in [0.4, 0.5) is 16.2 Å². The molecule has 5 amide bonds. The Kier molecular flexibility index (Phi) is 5.80. The number of rotatable bonds is 5. The molecule has 1 unspecified atom stereocenters. The van der Waals surface area contributed by atoms with E-state index in [2.05, 4.69) is 10.6 Å². The Labute approximate surface area is 208 Å². The van der Waals surface area contributed by atoms with Crippen molar-refractivity contribution in [2.45, 2.75) is 25.8 Å². The first-order chi connectivity index (χ1) is 17.3. The number of nitrogens with one attached hydrogen (secondary N) is 2. The number of hydrogen-bond donors (Lipinski definition) is 2. The molecule has 2 aliphatic heterocycles. The standard InChI is InChI=1S/C28H26N4O4/c1-18-7-11-21(12-8-18)28(2)26(35)32(27(36)30-28)17-24(33)29-22-13-9-20(10-14-22)25(34)31-16-15-19-5-3-4-6-23(19)31/h3-14H,15-17H2,1-2H3,(H,29,33)(H,30,36). The number of hydrogen-bond acceptors (Lipinski definition) is 4. The zero-order chi connectivity index (χ0) is 25.4. The van der Waals surface area contributed by atoms with Gasteiger partial charge in [-0.2, -0.15) is 0 Å². The maximum Gasteiger partial charge on any atom is 0.325 e. The van der Waals surface area contributed by atoms with Crippen LogP contribution in [-0.4, -0.2) is 41.7 Å². The number of anilines is 2. The number of nitrogens with zero attached hydrogens (tertiary/aromatic N) is 2. The number of urea groups is 1. The van der Waals surface area contributed by atoms with Gasteiger partial charge in [0.05, 0.1) is 0 Å². The van der Waals surface area contributed by atoms with Gasteiger partial charge in [0.2, 0.25) is 5.91 Å². The van der Waals surface area contributed by atoms with Gasteiger partial charge in [-0.1, -0.05) is 48.0 Å². The summed E-state index contributed by atoms with van der Waals surface area (Å²) in [5.74, 6) is -1.11. The Bertz CT molecular complexity index is 1370. The van der Waals surface area contributed by atoms with Gasteiger partial charge in [0, 0.05) is 23.5 Å². The number of para-hydroxylation sites is 1. The van der Waals surface area contributed by atoms with Crippen LogP contribution < -0.4 is 15.5 Å².